The summed E-state index contributed by atoms with van der Waals surface area (Å²) >= 11 is 0. The summed E-state index contributed by atoms with van der Waals surface area (Å²) < 4.78 is 13.4. The third-order valence-electron chi connectivity index (χ3n) is 4.39. The monoisotopic (exact) mass is 265 g/mol. The summed E-state index contributed by atoms with van der Waals surface area (Å²) in [6.45, 7) is 4.22. The Bertz CT molecular complexity index is 405. The molecule has 0 amide bonds. The second-order valence-electron chi connectivity index (χ2n) is 5.93. The lowest BCUT2D eigenvalue weighted by Gasteiger charge is -2.40. The highest BCUT2D eigenvalue weighted by molar-refractivity contribution is 5.48. The number of hydrogen-bond acceptors (Lipinski definition) is 2. The van der Waals surface area contributed by atoms with Crippen molar-refractivity contribution in [3.63, 3.8) is 0 Å². The van der Waals surface area contributed by atoms with E-state index in [2.05, 4.69) is 12.2 Å². The zero-order valence-electron chi connectivity index (χ0n) is 11.9. The maximum absolute atomic E-state index is 13.4. The topological polar surface area (TPSA) is 32.3 Å². The van der Waals surface area contributed by atoms with Crippen LogP contribution in [0.1, 0.15) is 44.6 Å². The minimum Gasteiger partial charge on any atom is -0.394 e. The molecule has 2 nitrogen and oxygen atoms in total. The fraction of sp³-hybridized carbons (Fsp3) is 0.625. The predicted molar refractivity (Wildman–Crippen MR) is 76.8 cm³/mol. The Kier molecular flexibility index (Phi) is 4.46. The molecule has 0 aliphatic heterocycles. The Morgan fingerprint density at radius 2 is 2.00 bits per heavy atom. The van der Waals surface area contributed by atoms with Gasteiger partial charge in [0.2, 0.25) is 0 Å². The molecule has 2 N–H and O–H groups in total. The molecule has 0 spiro atoms. The largest absolute Gasteiger partial charge is 0.394 e. The van der Waals surface area contributed by atoms with Gasteiger partial charge in [-0.1, -0.05) is 13.3 Å². The number of nitrogens with one attached hydrogen (secondary N) is 1. The van der Waals surface area contributed by atoms with E-state index in [-0.39, 0.29) is 18.0 Å². The summed E-state index contributed by atoms with van der Waals surface area (Å²) in [7, 11) is 0. The predicted octanol–water partition coefficient (Wildman–Crippen LogP) is 3.88. The Balaban J connectivity index is 2.10. The molecular formula is C16H24FNO. The number of anilines is 1. The zero-order chi connectivity index (χ0) is 13.9. The van der Waals surface area contributed by atoms with Crippen molar-refractivity contribution in [2.45, 2.75) is 51.5 Å². The molecule has 1 aliphatic carbocycles. The van der Waals surface area contributed by atoms with Crippen molar-refractivity contribution < 1.29 is 9.50 Å². The van der Waals surface area contributed by atoms with Gasteiger partial charge in [0.15, 0.2) is 0 Å². The van der Waals surface area contributed by atoms with Gasteiger partial charge in [0.05, 0.1) is 12.1 Å². The Labute approximate surface area is 115 Å². The van der Waals surface area contributed by atoms with Gasteiger partial charge in [0, 0.05) is 5.69 Å². The van der Waals surface area contributed by atoms with Gasteiger partial charge >= 0.3 is 0 Å². The normalized spacial score (nSPS) is 27.3. The summed E-state index contributed by atoms with van der Waals surface area (Å²) in [4.78, 5) is 0. The summed E-state index contributed by atoms with van der Waals surface area (Å²) in [5.41, 5.74) is 1.41. The molecule has 1 aromatic rings. The molecule has 1 aromatic carbocycles. The van der Waals surface area contributed by atoms with Crippen LogP contribution < -0.4 is 5.32 Å². The van der Waals surface area contributed by atoms with Gasteiger partial charge in [-0.15, -0.1) is 0 Å². The summed E-state index contributed by atoms with van der Waals surface area (Å²) in [5.74, 6) is 0.550. The number of aliphatic hydroxyl groups excluding tert-OH is 1. The van der Waals surface area contributed by atoms with Crippen LogP contribution in [0.4, 0.5) is 10.1 Å². The van der Waals surface area contributed by atoms with Crippen LogP contribution in [0.3, 0.4) is 0 Å². The van der Waals surface area contributed by atoms with Gasteiger partial charge in [-0.25, -0.2) is 4.39 Å². The first-order chi connectivity index (χ1) is 9.07. The number of benzene rings is 1. The Morgan fingerprint density at radius 3 is 2.53 bits per heavy atom. The lowest BCUT2D eigenvalue weighted by Crippen LogP contribution is -2.45. The van der Waals surface area contributed by atoms with Crippen molar-refractivity contribution >= 4 is 5.69 Å². The molecule has 0 radical (unpaired) electrons. The molecule has 3 heteroatoms. The quantitative estimate of drug-likeness (QED) is 0.866. The minimum absolute atomic E-state index is 0.110. The molecule has 19 heavy (non-hydrogen) atoms. The summed E-state index contributed by atoms with van der Waals surface area (Å²) in [6, 6.07) is 4.97. The van der Waals surface area contributed by atoms with Gasteiger partial charge in [0.25, 0.3) is 0 Å². The third-order valence-corrected chi connectivity index (χ3v) is 4.39. The van der Waals surface area contributed by atoms with E-state index in [4.69, 9.17) is 0 Å². The van der Waals surface area contributed by atoms with E-state index in [0.29, 0.717) is 0 Å². The highest BCUT2D eigenvalue weighted by Crippen LogP contribution is 2.36. The van der Waals surface area contributed by atoms with Crippen LogP contribution >= 0.6 is 0 Å². The van der Waals surface area contributed by atoms with Crippen molar-refractivity contribution in [2.75, 3.05) is 11.9 Å². The fourth-order valence-corrected chi connectivity index (χ4v) is 3.08. The van der Waals surface area contributed by atoms with Crippen LogP contribution in [0.5, 0.6) is 0 Å². The van der Waals surface area contributed by atoms with Crippen LogP contribution in [0.25, 0.3) is 0 Å². The smallest absolute Gasteiger partial charge is 0.125 e. The Hall–Kier alpha value is -1.09. The van der Waals surface area contributed by atoms with Crippen molar-refractivity contribution in [1.29, 1.82) is 0 Å². The van der Waals surface area contributed by atoms with Gasteiger partial charge in [-0.2, -0.15) is 0 Å². The third kappa shape index (κ3) is 3.47. The Morgan fingerprint density at radius 1 is 1.32 bits per heavy atom. The fourth-order valence-electron chi connectivity index (χ4n) is 3.08. The van der Waals surface area contributed by atoms with E-state index in [1.165, 1.54) is 18.6 Å². The van der Waals surface area contributed by atoms with Crippen molar-refractivity contribution in [1.82, 2.24) is 0 Å². The lowest BCUT2D eigenvalue weighted by atomic mass is 9.76. The molecule has 1 saturated carbocycles. The van der Waals surface area contributed by atoms with Crippen LogP contribution in [0, 0.1) is 18.7 Å². The number of halogens is 1. The molecule has 1 fully saturated rings. The van der Waals surface area contributed by atoms with Crippen molar-refractivity contribution in [3.05, 3.63) is 29.6 Å². The number of aryl methyl sites for hydroxylation is 1. The standard InChI is InChI=1S/C16H24FNO/c1-3-13-4-6-16(11-19,7-5-13)18-15-9-12(2)8-14(17)10-15/h8-10,13,18-19H,3-7,11H2,1-2H3. The molecule has 0 bridgehead atoms. The highest BCUT2D eigenvalue weighted by atomic mass is 19.1. The van der Waals surface area contributed by atoms with E-state index in [1.807, 2.05) is 13.0 Å². The molecule has 0 heterocycles. The van der Waals surface area contributed by atoms with Crippen LogP contribution in [0.2, 0.25) is 0 Å². The highest BCUT2D eigenvalue weighted by Gasteiger charge is 2.34. The first-order valence-corrected chi connectivity index (χ1v) is 7.23. The van der Waals surface area contributed by atoms with Gasteiger partial charge in [-0.3, -0.25) is 0 Å². The van der Waals surface area contributed by atoms with Gasteiger partial charge in [-0.05, 0) is 62.3 Å². The number of hydrogen-bond donors (Lipinski definition) is 2. The first kappa shape index (κ1) is 14.3. The van der Waals surface area contributed by atoms with E-state index in [9.17, 15) is 9.50 Å². The molecule has 0 aromatic heterocycles. The van der Waals surface area contributed by atoms with Crippen LogP contribution in [0.15, 0.2) is 18.2 Å². The minimum atomic E-state index is -0.272. The summed E-state index contributed by atoms with van der Waals surface area (Å²) in [6.07, 6.45) is 5.40. The second kappa shape index (κ2) is 5.91. The van der Waals surface area contributed by atoms with E-state index >= 15 is 0 Å². The molecular weight excluding hydrogens is 241 g/mol. The van der Waals surface area contributed by atoms with Crippen molar-refractivity contribution in [3.8, 4) is 0 Å². The van der Waals surface area contributed by atoms with Crippen LogP contribution in [-0.2, 0) is 0 Å². The van der Waals surface area contributed by atoms with E-state index < -0.39 is 0 Å². The lowest BCUT2D eigenvalue weighted by molar-refractivity contribution is 0.150. The van der Waals surface area contributed by atoms with Gasteiger partial charge < -0.3 is 10.4 Å². The zero-order valence-corrected chi connectivity index (χ0v) is 11.9. The molecule has 0 atom stereocenters. The first-order valence-electron chi connectivity index (χ1n) is 7.23. The van der Waals surface area contributed by atoms with E-state index in [1.54, 1.807) is 0 Å². The second-order valence-corrected chi connectivity index (χ2v) is 5.93. The molecule has 106 valence electrons. The summed E-state index contributed by atoms with van der Waals surface area (Å²) in [5, 5.41) is 13.1. The number of rotatable bonds is 4. The average molecular weight is 265 g/mol. The number of aliphatic hydroxyl groups is 1. The average Bonchev–Trinajstić information content (AvgIpc) is 2.38. The molecule has 0 saturated heterocycles. The molecule has 2 rings (SSSR count). The molecule has 0 unspecified atom stereocenters. The van der Waals surface area contributed by atoms with Crippen LogP contribution in [-0.4, -0.2) is 17.3 Å². The SMILES string of the molecule is CCC1CCC(CO)(Nc2cc(C)cc(F)c2)CC1. The maximum atomic E-state index is 13.4. The maximum Gasteiger partial charge on any atom is 0.125 e. The van der Waals surface area contributed by atoms with Crippen molar-refractivity contribution in [2.24, 2.45) is 5.92 Å². The van der Waals surface area contributed by atoms with E-state index in [0.717, 1.165) is 42.9 Å². The molecule has 1 aliphatic rings. The van der Waals surface area contributed by atoms with Gasteiger partial charge in [0.1, 0.15) is 5.82 Å².